The number of hydrogen-bond acceptors (Lipinski definition) is 3. The molecular formula is C21H31N5O2. The van der Waals surface area contributed by atoms with E-state index >= 15 is 0 Å². The molecule has 3 N–H and O–H groups in total. The summed E-state index contributed by atoms with van der Waals surface area (Å²) in [7, 11) is 1.74. The van der Waals surface area contributed by atoms with E-state index in [1.54, 1.807) is 7.05 Å². The van der Waals surface area contributed by atoms with Crippen molar-refractivity contribution >= 4 is 23.5 Å². The highest BCUT2D eigenvalue weighted by Crippen LogP contribution is 2.27. The van der Waals surface area contributed by atoms with Gasteiger partial charge in [0.25, 0.3) is 0 Å². The fraction of sp³-hybridized carbons (Fsp3) is 0.571. The maximum atomic E-state index is 12.1. The van der Waals surface area contributed by atoms with Gasteiger partial charge >= 0.3 is 0 Å². The standard InChI is InChI=1S/C21H31N5O2/c1-3-19(27)26-11-10-18(14-26)25-21(22-2)23-13-15-6-4-9-17(12-15)24-20(28)16-7-5-8-16/h4,6,9,12,16,18H,3,5,7-8,10-11,13-14H2,1-2H3,(H,24,28)(H2,22,23,25). The maximum Gasteiger partial charge on any atom is 0.227 e. The second-order valence-corrected chi connectivity index (χ2v) is 7.57. The van der Waals surface area contributed by atoms with Crippen molar-refractivity contribution in [1.29, 1.82) is 0 Å². The smallest absolute Gasteiger partial charge is 0.227 e. The number of guanidine groups is 1. The molecule has 0 bridgehead atoms. The lowest BCUT2D eigenvalue weighted by Crippen LogP contribution is -2.44. The Morgan fingerprint density at radius 3 is 2.75 bits per heavy atom. The van der Waals surface area contributed by atoms with E-state index in [2.05, 4.69) is 20.9 Å². The Hall–Kier alpha value is -2.57. The summed E-state index contributed by atoms with van der Waals surface area (Å²) in [5, 5.41) is 9.73. The molecule has 1 atom stereocenters. The quantitative estimate of drug-likeness (QED) is 0.517. The first-order valence-corrected chi connectivity index (χ1v) is 10.2. The molecular weight excluding hydrogens is 354 g/mol. The zero-order valence-electron chi connectivity index (χ0n) is 16.8. The molecule has 1 heterocycles. The molecule has 1 saturated carbocycles. The summed E-state index contributed by atoms with van der Waals surface area (Å²) in [4.78, 5) is 30.1. The van der Waals surface area contributed by atoms with Crippen molar-refractivity contribution in [3.63, 3.8) is 0 Å². The van der Waals surface area contributed by atoms with Crippen molar-refractivity contribution in [1.82, 2.24) is 15.5 Å². The van der Waals surface area contributed by atoms with Crippen LogP contribution >= 0.6 is 0 Å². The van der Waals surface area contributed by atoms with Gasteiger partial charge in [0, 0.05) is 50.7 Å². The van der Waals surface area contributed by atoms with Gasteiger partial charge in [0.15, 0.2) is 5.96 Å². The van der Waals surface area contributed by atoms with Crippen molar-refractivity contribution in [2.75, 3.05) is 25.5 Å². The molecule has 28 heavy (non-hydrogen) atoms. The monoisotopic (exact) mass is 385 g/mol. The van der Waals surface area contributed by atoms with Gasteiger partial charge in [0.2, 0.25) is 11.8 Å². The Kier molecular flexibility index (Phi) is 6.90. The van der Waals surface area contributed by atoms with Gasteiger partial charge in [0.1, 0.15) is 0 Å². The first-order chi connectivity index (χ1) is 13.6. The molecule has 0 radical (unpaired) electrons. The summed E-state index contributed by atoms with van der Waals surface area (Å²) in [6.07, 6.45) is 4.62. The van der Waals surface area contributed by atoms with E-state index in [1.165, 1.54) is 0 Å². The molecule has 1 aromatic rings. The highest BCUT2D eigenvalue weighted by molar-refractivity contribution is 5.93. The zero-order chi connectivity index (χ0) is 19.9. The summed E-state index contributed by atoms with van der Waals surface area (Å²) < 4.78 is 0. The van der Waals surface area contributed by atoms with E-state index in [-0.39, 0.29) is 23.8 Å². The fourth-order valence-corrected chi connectivity index (χ4v) is 3.58. The number of hydrogen-bond donors (Lipinski definition) is 3. The van der Waals surface area contributed by atoms with Gasteiger partial charge in [-0.05, 0) is 37.0 Å². The molecule has 152 valence electrons. The Labute approximate surface area is 167 Å². The average Bonchev–Trinajstić information content (AvgIpc) is 3.11. The van der Waals surface area contributed by atoms with E-state index in [1.807, 2.05) is 36.1 Å². The van der Waals surface area contributed by atoms with Crippen LogP contribution in [0.25, 0.3) is 0 Å². The largest absolute Gasteiger partial charge is 0.352 e. The molecule has 2 aliphatic rings. The lowest BCUT2D eigenvalue weighted by molar-refractivity contribution is -0.129. The number of nitrogens with zero attached hydrogens (tertiary/aromatic N) is 2. The van der Waals surface area contributed by atoms with E-state index < -0.39 is 0 Å². The van der Waals surface area contributed by atoms with Gasteiger partial charge in [0.05, 0.1) is 0 Å². The predicted molar refractivity (Wildman–Crippen MR) is 111 cm³/mol. The Bertz CT molecular complexity index is 729. The maximum absolute atomic E-state index is 12.1. The molecule has 1 unspecified atom stereocenters. The number of carbonyl (C=O) groups is 2. The van der Waals surface area contributed by atoms with E-state index in [0.717, 1.165) is 56.0 Å². The van der Waals surface area contributed by atoms with Crippen LogP contribution in [-0.4, -0.2) is 48.9 Å². The van der Waals surface area contributed by atoms with Crippen molar-refractivity contribution in [2.24, 2.45) is 10.9 Å². The lowest BCUT2D eigenvalue weighted by atomic mass is 9.85. The molecule has 1 saturated heterocycles. The third kappa shape index (κ3) is 5.24. The molecule has 1 aliphatic heterocycles. The predicted octanol–water partition coefficient (Wildman–Crippen LogP) is 2.10. The van der Waals surface area contributed by atoms with E-state index in [4.69, 9.17) is 0 Å². The van der Waals surface area contributed by atoms with Gasteiger partial charge < -0.3 is 20.9 Å². The van der Waals surface area contributed by atoms with Crippen molar-refractivity contribution in [3.8, 4) is 0 Å². The molecule has 7 nitrogen and oxygen atoms in total. The van der Waals surface area contributed by atoms with Crippen LogP contribution in [-0.2, 0) is 16.1 Å². The minimum Gasteiger partial charge on any atom is -0.352 e. The number of nitrogens with one attached hydrogen (secondary N) is 3. The molecule has 0 spiro atoms. The molecule has 7 heteroatoms. The van der Waals surface area contributed by atoms with Crippen LogP contribution in [0.2, 0.25) is 0 Å². The van der Waals surface area contributed by atoms with Gasteiger partial charge in [-0.1, -0.05) is 25.5 Å². The number of likely N-dealkylation sites (tertiary alicyclic amines) is 1. The normalized spacial score (nSPS) is 19.9. The van der Waals surface area contributed by atoms with Gasteiger partial charge in [-0.15, -0.1) is 0 Å². The van der Waals surface area contributed by atoms with Gasteiger partial charge in [-0.25, -0.2) is 0 Å². The Morgan fingerprint density at radius 2 is 2.07 bits per heavy atom. The number of anilines is 1. The average molecular weight is 386 g/mol. The van der Waals surface area contributed by atoms with Crippen LogP contribution in [0, 0.1) is 5.92 Å². The molecule has 1 aliphatic carbocycles. The first kappa shape index (κ1) is 20.2. The van der Waals surface area contributed by atoms with Crippen molar-refractivity contribution in [2.45, 2.75) is 51.6 Å². The van der Waals surface area contributed by atoms with Crippen LogP contribution in [0.3, 0.4) is 0 Å². The highest BCUT2D eigenvalue weighted by atomic mass is 16.2. The number of amides is 2. The second-order valence-electron chi connectivity index (χ2n) is 7.57. The molecule has 2 fully saturated rings. The third-order valence-electron chi connectivity index (χ3n) is 5.54. The Balaban J connectivity index is 1.48. The topological polar surface area (TPSA) is 85.8 Å². The summed E-state index contributed by atoms with van der Waals surface area (Å²) in [6.45, 7) is 4.02. The summed E-state index contributed by atoms with van der Waals surface area (Å²) >= 11 is 0. The number of rotatable bonds is 6. The zero-order valence-corrected chi connectivity index (χ0v) is 16.8. The van der Waals surface area contributed by atoms with Crippen molar-refractivity contribution in [3.05, 3.63) is 29.8 Å². The summed E-state index contributed by atoms with van der Waals surface area (Å²) in [5.74, 6) is 1.23. The highest BCUT2D eigenvalue weighted by Gasteiger charge is 2.26. The summed E-state index contributed by atoms with van der Waals surface area (Å²) in [5.41, 5.74) is 1.91. The number of aliphatic imine (C=N–C) groups is 1. The molecule has 2 amide bonds. The Morgan fingerprint density at radius 1 is 1.25 bits per heavy atom. The third-order valence-corrected chi connectivity index (χ3v) is 5.54. The van der Waals surface area contributed by atoms with E-state index in [0.29, 0.717) is 13.0 Å². The van der Waals surface area contributed by atoms with Crippen LogP contribution < -0.4 is 16.0 Å². The van der Waals surface area contributed by atoms with Gasteiger partial charge in [-0.2, -0.15) is 0 Å². The van der Waals surface area contributed by atoms with Gasteiger partial charge in [-0.3, -0.25) is 14.6 Å². The van der Waals surface area contributed by atoms with Crippen molar-refractivity contribution < 1.29 is 9.59 Å². The van der Waals surface area contributed by atoms with Crippen LogP contribution in [0.4, 0.5) is 5.69 Å². The minimum atomic E-state index is 0.126. The molecule has 0 aromatic heterocycles. The second kappa shape index (κ2) is 9.57. The lowest BCUT2D eigenvalue weighted by Gasteiger charge is -2.24. The molecule has 1 aromatic carbocycles. The van der Waals surface area contributed by atoms with E-state index in [9.17, 15) is 9.59 Å². The van der Waals surface area contributed by atoms with Crippen LogP contribution in [0.15, 0.2) is 29.3 Å². The number of benzene rings is 1. The van der Waals surface area contributed by atoms with Crippen LogP contribution in [0.1, 0.15) is 44.6 Å². The molecule has 3 rings (SSSR count). The fourth-order valence-electron chi connectivity index (χ4n) is 3.58. The van der Waals surface area contributed by atoms with Crippen LogP contribution in [0.5, 0.6) is 0 Å². The summed E-state index contributed by atoms with van der Waals surface area (Å²) in [6, 6.07) is 8.11. The SMILES string of the molecule is CCC(=O)N1CCC(NC(=NC)NCc2cccc(NC(=O)C3CCC3)c2)C1. The first-order valence-electron chi connectivity index (χ1n) is 10.2. The number of carbonyl (C=O) groups excluding carboxylic acids is 2. The minimum absolute atomic E-state index is 0.126.